The molecular formula is C13H17ClN2O2. The van der Waals surface area contributed by atoms with Crippen LogP contribution in [0.4, 0.5) is 0 Å². The van der Waals surface area contributed by atoms with Crippen molar-refractivity contribution in [2.45, 2.75) is 38.4 Å². The minimum atomic E-state index is -0.0665. The highest BCUT2D eigenvalue weighted by Crippen LogP contribution is 2.27. The molecule has 0 saturated carbocycles. The summed E-state index contributed by atoms with van der Waals surface area (Å²) in [5, 5.41) is 0.406. The van der Waals surface area contributed by atoms with Crippen molar-refractivity contribution in [1.29, 1.82) is 0 Å². The van der Waals surface area contributed by atoms with Gasteiger partial charge in [0.2, 0.25) is 5.91 Å². The van der Waals surface area contributed by atoms with Crippen LogP contribution in [0.5, 0.6) is 0 Å². The van der Waals surface area contributed by atoms with Gasteiger partial charge < -0.3 is 9.32 Å². The van der Waals surface area contributed by atoms with Crippen molar-refractivity contribution in [3.05, 3.63) is 23.1 Å². The lowest BCUT2D eigenvalue weighted by atomic mass is 10.1. The minimum absolute atomic E-state index is 0.0665. The highest BCUT2D eigenvalue weighted by atomic mass is 35.5. The first kappa shape index (κ1) is 12.1. The van der Waals surface area contributed by atoms with E-state index in [2.05, 4.69) is 4.90 Å². The topological polar surface area (TPSA) is 36.7 Å². The zero-order valence-corrected chi connectivity index (χ0v) is 11.2. The zero-order chi connectivity index (χ0) is 12.7. The van der Waals surface area contributed by atoms with E-state index in [4.69, 9.17) is 16.0 Å². The van der Waals surface area contributed by atoms with E-state index < -0.39 is 0 Å². The number of fused-ring (bicyclic) bond motifs is 1. The van der Waals surface area contributed by atoms with Gasteiger partial charge in [0.25, 0.3) is 0 Å². The maximum absolute atomic E-state index is 12.2. The average Bonchev–Trinajstić information content (AvgIpc) is 2.95. The SMILES string of the molecule is C[C@@H]1C(=O)N2CCC[C@H]2CN1Cc1ccc(Cl)o1. The molecule has 0 spiro atoms. The Morgan fingerprint density at radius 2 is 2.33 bits per heavy atom. The molecule has 1 aromatic heterocycles. The van der Waals surface area contributed by atoms with Gasteiger partial charge in [-0.15, -0.1) is 0 Å². The highest BCUT2D eigenvalue weighted by Gasteiger charge is 2.40. The normalized spacial score (nSPS) is 28.8. The predicted molar refractivity (Wildman–Crippen MR) is 68.3 cm³/mol. The van der Waals surface area contributed by atoms with Crippen LogP contribution in [0, 0.1) is 0 Å². The molecule has 5 heteroatoms. The van der Waals surface area contributed by atoms with Gasteiger partial charge in [-0.25, -0.2) is 0 Å². The molecule has 1 aromatic rings. The summed E-state index contributed by atoms with van der Waals surface area (Å²) in [6.07, 6.45) is 2.25. The first-order valence-electron chi connectivity index (χ1n) is 6.44. The predicted octanol–water partition coefficient (Wildman–Crippen LogP) is 2.13. The molecule has 3 rings (SSSR count). The lowest BCUT2D eigenvalue weighted by Gasteiger charge is -2.41. The van der Waals surface area contributed by atoms with Crippen LogP contribution in [-0.2, 0) is 11.3 Å². The maximum Gasteiger partial charge on any atom is 0.239 e. The number of rotatable bonds is 2. The van der Waals surface area contributed by atoms with E-state index in [1.54, 1.807) is 6.07 Å². The number of piperazine rings is 1. The van der Waals surface area contributed by atoms with Crippen molar-refractivity contribution in [2.24, 2.45) is 0 Å². The number of carbonyl (C=O) groups is 1. The summed E-state index contributed by atoms with van der Waals surface area (Å²) in [5.41, 5.74) is 0. The van der Waals surface area contributed by atoms with Gasteiger partial charge in [0.1, 0.15) is 5.76 Å². The quantitative estimate of drug-likeness (QED) is 0.825. The van der Waals surface area contributed by atoms with Crippen molar-refractivity contribution >= 4 is 17.5 Å². The Balaban J connectivity index is 1.74. The van der Waals surface area contributed by atoms with Gasteiger partial charge in [0.05, 0.1) is 12.6 Å². The lowest BCUT2D eigenvalue weighted by Crippen LogP contribution is -2.58. The van der Waals surface area contributed by atoms with Crippen LogP contribution in [-0.4, -0.2) is 40.9 Å². The van der Waals surface area contributed by atoms with Gasteiger partial charge in [-0.05, 0) is 43.5 Å². The standard InChI is InChI=1S/C13H17ClN2O2/c1-9-13(17)16-6-2-3-10(16)7-15(9)8-11-4-5-12(14)18-11/h4-5,9-10H,2-3,6-8H2,1H3/t9-,10+/m1/s1. The molecular weight excluding hydrogens is 252 g/mol. The van der Waals surface area contributed by atoms with Gasteiger partial charge >= 0.3 is 0 Å². The molecule has 0 N–H and O–H groups in total. The number of amides is 1. The monoisotopic (exact) mass is 268 g/mol. The highest BCUT2D eigenvalue weighted by molar-refractivity contribution is 6.28. The summed E-state index contributed by atoms with van der Waals surface area (Å²) in [4.78, 5) is 16.5. The Morgan fingerprint density at radius 1 is 1.50 bits per heavy atom. The van der Waals surface area contributed by atoms with E-state index in [1.165, 1.54) is 0 Å². The van der Waals surface area contributed by atoms with E-state index in [0.717, 1.165) is 31.7 Å². The molecule has 2 aliphatic heterocycles. The van der Waals surface area contributed by atoms with Crippen molar-refractivity contribution < 1.29 is 9.21 Å². The number of hydrogen-bond donors (Lipinski definition) is 0. The zero-order valence-electron chi connectivity index (χ0n) is 10.4. The smallest absolute Gasteiger partial charge is 0.239 e. The van der Waals surface area contributed by atoms with Gasteiger partial charge in [0.15, 0.2) is 5.22 Å². The van der Waals surface area contributed by atoms with E-state index in [1.807, 2.05) is 17.9 Å². The molecule has 0 aromatic carbocycles. The Morgan fingerprint density at radius 3 is 3.06 bits per heavy atom. The average molecular weight is 269 g/mol. The molecule has 2 fully saturated rings. The molecule has 18 heavy (non-hydrogen) atoms. The molecule has 2 saturated heterocycles. The molecule has 0 bridgehead atoms. The van der Waals surface area contributed by atoms with E-state index in [9.17, 15) is 4.79 Å². The maximum atomic E-state index is 12.2. The van der Waals surface area contributed by atoms with Crippen LogP contribution in [0.2, 0.25) is 5.22 Å². The van der Waals surface area contributed by atoms with Crippen LogP contribution in [0.25, 0.3) is 0 Å². The largest absolute Gasteiger partial charge is 0.448 e. The molecule has 2 aliphatic rings. The summed E-state index contributed by atoms with van der Waals surface area (Å²) in [6, 6.07) is 3.94. The molecule has 1 amide bonds. The fourth-order valence-corrected chi connectivity index (χ4v) is 3.14. The number of nitrogens with zero attached hydrogens (tertiary/aromatic N) is 2. The van der Waals surface area contributed by atoms with E-state index >= 15 is 0 Å². The second-order valence-corrected chi connectivity index (χ2v) is 5.51. The first-order valence-corrected chi connectivity index (χ1v) is 6.81. The second-order valence-electron chi connectivity index (χ2n) is 5.14. The number of halogens is 1. The first-order chi connectivity index (χ1) is 8.65. The van der Waals surface area contributed by atoms with Crippen LogP contribution in [0.3, 0.4) is 0 Å². The second kappa shape index (κ2) is 4.59. The van der Waals surface area contributed by atoms with Gasteiger partial charge in [-0.1, -0.05) is 0 Å². The summed E-state index contributed by atoms with van der Waals surface area (Å²) in [5.74, 6) is 1.08. The van der Waals surface area contributed by atoms with Crippen molar-refractivity contribution in [1.82, 2.24) is 9.80 Å². The van der Waals surface area contributed by atoms with Gasteiger partial charge in [-0.3, -0.25) is 9.69 Å². The van der Waals surface area contributed by atoms with Gasteiger partial charge in [0, 0.05) is 19.1 Å². The molecule has 0 unspecified atom stereocenters. The third-order valence-electron chi connectivity index (χ3n) is 4.00. The van der Waals surface area contributed by atoms with Crippen LogP contribution in [0.15, 0.2) is 16.5 Å². The van der Waals surface area contributed by atoms with E-state index in [0.29, 0.717) is 17.8 Å². The lowest BCUT2D eigenvalue weighted by molar-refractivity contribution is -0.143. The Hall–Kier alpha value is -1.00. The van der Waals surface area contributed by atoms with Crippen molar-refractivity contribution in [3.8, 4) is 0 Å². The molecule has 98 valence electrons. The summed E-state index contributed by atoms with van der Waals surface area (Å²) >= 11 is 5.77. The summed E-state index contributed by atoms with van der Waals surface area (Å²) in [6.45, 7) is 4.49. The molecule has 2 atom stereocenters. The van der Waals surface area contributed by atoms with Crippen molar-refractivity contribution in [2.75, 3.05) is 13.1 Å². The Kier molecular flexibility index (Phi) is 3.08. The van der Waals surface area contributed by atoms with Crippen LogP contribution in [0.1, 0.15) is 25.5 Å². The number of furan rings is 1. The van der Waals surface area contributed by atoms with Crippen molar-refractivity contribution in [3.63, 3.8) is 0 Å². The Labute approximate surface area is 111 Å². The molecule has 4 nitrogen and oxygen atoms in total. The molecule has 0 aliphatic carbocycles. The Bertz CT molecular complexity index is 460. The number of hydrogen-bond acceptors (Lipinski definition) is 3. The summed E-state index contributed by atoms with van der Waals surface area (Å²) < 4.78 is 5.38. The van der Waals surface area contributed by atoms with Crippen LogP contribution < -0.4 is 0 Å². The fourth-order valence-electron chi connectivity index (χ4n) is 2.98. The summed E-state index contributed by atoms with van der Waals surface area (Å²) in [7, 11) is 0. The van der Waals surface area contributed by atoms with E-state index in [-0.39, 0.29) is 11.9 Å². The third kappa shape index (κ3) is 2.04. The fraction of sp³-hybridized carbons (Fsp3) is 0.615. The molecule has 0 radical (unpaired) electrons. The number of carbonyl (C=O) groups excluding carboxylic acids is 1. The minimum Gasteiger partial charge on any atom is -0.448 e. The van der Waals surface area contributed by atoms with Gasteiger partial charge in [-0.2, -0.15) is 0 Å². The molecule has 3 heterocycles. The third-order valence-corrected chi connectivity index (χ3v) is 4.20. The van der Waals surface area contributed by atoms with Crippen LogP contribution >= 0.6 is 11.6 Å².